The van der Waals surface area contributed by atoms with Gasteiger partial charge < -0.3 is 28.4 Å². The molecule has 0 amide bonds. The van der Waals surface area contributed by atoms with E-state index in [0.717, 1.165) is 12.1 Å². The number of hydrogen-bond acceptors (Lipinski definition) is 11. The summed E-state index contributed by atoms with van der Waals surface area (Å²) in [5.74, 6) is -1.50. The molecule has 5 rings (SSSR count). The number of carbonyl (C=O) groups excluding carboxylic acids is 3. The first-order valence-corrected chi connectivity index (χ1v) is 11.8. The van der Waals surface area contributed by atoms with Crippen molar-refractivity contribution in [3.05, 3.63) is 106 Å². The molecule has 2 aliphatic rings. The number of rotatable bonds is 7. The van der Waals surface area contributed by atoms with Crippen LogP contribution >= 0.6 is 0 Å². The lowest BCUT2D eigenvalue weighted by Crippen LogP contribution is -2.58. The summed E-state index contributed by atoms with van der Waals surface area (Å²) in [6.45, 7) is -0.0198. The van der Waals surface area contributed by atoms with Crippen LogP contribution in [0.1, 0.15) is 20.7 Å². The average Bonchev–Trinajstić information content (AvgIpc) is 3.40. The number of hydrogen-bond donors (Lipinski definition) is 0. The van der Waals surface area contributed by atoms with Crippen molar-refractivity contribution >= 4 is 23.8 Å². The van der Waals surface area contributed by atoms with Gasteiger partial charge in [-0.05, 0) is 36.4 Å². The minimum atomic E-state index is -1.37. The zero-order valence-corrected chi connectivity index (χ0v) is 20.1. The fraction of sp³-hybridized carbons (Fsp3) is 0.222. The lowest BCUT2D eigenvalue weighted by Gasteiger charge is -2.38. The van der Waals surface area contributed by atoms with Gasteiger partial charge in [0, 0.05) is 12.1 Å². The highest BCUT2D eigenvalue weighted by atomic mass is 16.8. The van der Waals surface area contributed by atoms with Crippen molar-refractivity contribution in [3.8, 4) is 5.75 Å². The number of carbonyl (C=O) groups is 3. The molecule has 200 valence electrons. The highest BCUT2D eigenvalue weighted by molar-refractivity contribution is 5.90. The number of ether oxygens (including phenoxy) is 6. The fourth-order valence-corrected chi connectivity index (χ4v) is 4.14. The maximum atomic E-state index is 12.9. The van der Waals surface area contributed by atoms with Crippen molar-refractivity contribution in [1.82, 2.24) is 0 Å². The molecule has 3 aromatic rings. The van der Waals surface area contributed by atoms with Gasteiger partial charge in [0.05, 0.1) is 22.7 Å². The maximum absolute atomic E-state index is 12.9. The van der Waals surface area contributed by atoms with Gasteiger partial charge in [0.2, 0.25) is 0 Å². The van der Waals surface area contributed by atoms with Gasteiger partial charge in [-0.15, -0.1) is 0 Å². The van der Waals surface area contributed by atoms with Crippen molar-refractivity contribution in [2.24, 2.45) is 0 Å². The summed E-state index contributed by atoms with van der Waals surface area (Å²) >= 11 is 0. The fourth-order valence-electron chi connectivity index (χ4n) is 4.14. The molecule has 0 aliphatic carbocycles. The number of fused-ring (bicyclic) bond motifs is 2. The number of benzene rings is 3. The molecule has 5 atom stereocenters. The lowest BCUT2D eigenvalue weighted by molar-refractivity contribution is -0.384. The number of nitrogens with zero attached hydrogens (tertiary/aromatic N) is 1. The first kappa shape index (κ1) is 25.8. The van der Waals surface area contributed by atoms with Crippen molar-refractivity contribution in [3.63, 3.8) is 0 Å². The van der Waals surface area contributed by atoms with E-state index in [1.54, 1.807) is 48.5 Å². The molecular formula is C27H21NO11. The third-order valence-corrected chi connectivity index (χ3v) is 6.00. The highest BCUT2D eigenvalue weighted by Gasteiger charge is 2.57. The van der Waals surface area contributed by atoms with Crippen LogP contribution in [0.2, 0.25) is 0 Å². The van der Waals surface area contributed by atoms with E-state index in [-0.39, 0.29) is 29.2 Å². The number of non-ortho nitro benzene ring substituents is 1. The molecule has 12 heteroatoms. The number of esters is 2. The minimum absolute atomic E-state index is 0.0198. The van der Waals surface area contributed by atoms with E-state index in [1.807, 2.05) is 0 Å². The minimum Gasteiger partial charge on any atom is -0.452 e. The van der Waals surface area contributed by atoms with E-state index in [0.29, 0.717) is 0 Å². The zero-order valence-electron chi connectivity index (χ0n) is 20.1. The molecule has 2 heterocycles. The van der Waals surface area contributed by atoms with Gasteiger partial charge >= 0.3 is 18.1 Å². The normalized spacial score (nSPS) is 23.3. The predicted molar refractivity (Wildman–Crippen MR) is 130 cm³/mol. The molecule has 2 aliphatic heterocycles. The molecule has 2 fully saturated rings. The van der Waals surface area contributed by atoms with E-state index < -0.39 is 53.7 Å². The lowest BCUT2D eigenvalue weighted by atomic mass is 10.00. The zero-order chi connectivity index (χ0) is 27.4. The Bertz CT molecular complexity index is 1280. The Hall–Kier alpha value is -4.81. The Morgan fingerprint density at radius 3 is 1.87 bits per heavy atom. The van der Waals surface area contributed by atoms with E-state index in [9.17, 15) is 24.5 Å². The first-order valence-electron chi connectivity index (χ1n) is 11.8. The SMILES string of the molecule is O=C(Oc1ccc([N+](=O)[O-])cc1)O[C@@H]1[C@H](OC(=O)c2ccccc2)[C@@H]2OC[C@@H](O2)[C@H]1OC(=O)c1ccccc1. The monoisotopic (exact) mass is 535 g/mol. The molecule has 2 bridgehead atoms. The molecule has 2 saturated heterocycles. The van der Waals surface area contributed by atoms with Gasteiger partial charge in [0.15, 0.2) is 24.6 Å². The van der Waals surface area contributed by atoms with Crippen molar-refractivity contribution in [2.75, 3.05) is 6.61 Å². The standard InChI is InChI=1S/C27H21NO11/c29-24(16-7-3-1-4-8-16)37-21-20-15-34-26(36-20)23(38-25(30)17-9-5-2-6-10-17)22(21)39-27(31)35-19-13-11-18(12-14-19)28(32)33/h1-14,20-23,26H,15H2/t20-,21-,22+,23+,26-/m1/s1. The molecule has 0 spiro atoms. The molecule has 39 heavy (non-hydrogen) atoms. The highest BCUT2D eigenvalue weighted by Crippen LogP contribution is 2.35. The third-order valence-electron chi connectivity index (χ3n) is 6.00. The average molecular weight is 535 g/mol. The summed E-state index contributed by atoms with van der Waals surface area (Å²) in [6, 6.07) is 21.0. The van der Waals surface area contributed by atoms with Gasteiger partial charge in [-0.2, -0.15) is 0 Å². The summed E-state index contributed by atoms with van der Waals surface area (Å²) in [5, 5.41) is 10.9. The summed E-state index contributed by atoms with van der Waals surface area (Å²) in [4.78, 5) is 48.9. The number of nitro benzene ring substituents is 1. The topological polar surface area (TPSA) is 150 Å². The molecule has 12 nitrogen and oxygen atoms in total. The van der Waals surface area contributed by atoms with Crippen LogP contribution in [0.5, 0.6) is 5.75 Å². The Kier molecular flexibility index (Phi) is 7.48. The van der Waals surface area contributed by atoms with Gasteiger partial charge in [0.25, 0.3) is 5.69 Å². The number of nitro groups is 1. The van der Waals surface area contributed by atoms with Crippen LogP contribution in [0.3, 0.4) is 0 Å². The predicted octanol–water partition coefficient (Wildman–Crippen LogP) is 3.69. The van der Waals surface area contributed by atoms with E-state index in [4.69, 9.17) is 28.4 Å². The Morgan fingerprint density at radius 1 is 0.744 bits per heavy atom. The second kappa shape index (κ2) is 11.3. The molecule has 0 unspecified atom stereocenters. The molecule has 0 N–H and O–H groups in total. The summed E-state index contributed by atoms with van der Waals surface area (Å²) in [6.07, 6.45) is -7.08. The summed E-state index contributed by atoms with van der Waals surface area (Å²) < 4.78 is 33.5. The van der Waals surface area contributed by atoms with Crippen LogP contribution in [0.15, 0.2) is 84.9 Å². The van der Waals surface area contributed by atoms with Crippen LogP contribution in [0, 0.1) is 10.1 Å². The summed E-state index contributed by atoms with van der Waals surface area (Å²) in [7, 11) is 0. The largest absolute Gasteiger partial charge is 0.514 e. The molecular weight excluding hydrogens is 514 g/mol. The van der Waals surface area contributed by atoms with E-state index >= 15 is 0 Å². The Morgan fingerprint density at radius 2 is 1.31 bits per heavy atom. The molecule has 0 aromatic heterocycles. The molecule has 0 radical (unpaired) electrons. The van der Waals surface area contributed by atoms with Crippen LogP contribution < -0.4 is 4.74 Å². The van der Waals surface area contributed by atoms with Crippen LogP contribution in [0.25, 0.3) is 0 Å². The van der Waals surface area contributed by atoms with Gasteiger partial charge in [-0.1, -0.05) is 36.4 Å². The van der Waals surface area contributed by atoms with Gasteiger partial charge in [-0.3, -0.25) is 10.1 Å². The van der Waals surface area contributed by atoms with Crippen LogP contribution in [0.4, 0.5) is 10.5 Å². The second-order valence-electron chi connectivity index (χ2n) is 8.53. The molecule has 0 saturated carbocycles. The van der Waals surface area contributed by atoms with Gasteiger partial charge in [-0.25, -0.2) is 14.4 Å². The first-order chi connectivity index (χ1) is 18.9. The smallest absolute Gasteiger partial charge is 0.452 e. The van der Waals surface area contributed by atoms with Crippen molar-refractivity contribution in [1.29, 1.82) is 0 Å². The molecule has 3 aromatic carbocycles. The van der Waals surface area contributed by atoms with Crippen molar-refractivity contribution < 1.29 is 47.7 Å². The Labute approximate surface area is 221 Å². The van der Waals surface area contributed by atoms with Crippen molar-refractivity contribution in [2.45, 2.75) is 30.7 Å². The Balaban J connectivity index is 1.39. The van der Waals surface area contributed by atoms with E-state index in [1.165, 1.54) is 24.3 Å². The van der Waals surface area contributed by atoms with E-state index in [2.05, 4.69) is 0 Å². The maximum Gasteiger partial charge on any atom is 0.514 e. The summed E-state index contributed by atoms with van der Waals surface area (Å²) in [5.41, 5.74) is 0.265. The second-order valence-corrected chi connectivity index (χ2v) is 8.53. The van der Waals surface area contributed by atoms with Gasteiger partial charge in [0.1, 0.15) is 11.9 Å². The van der Waals surface area contributed by atoms with Crippen LogP contribution in [-0.2, 0) is 23.7 Å². The third kappa shape index (κ3) is 5.87. The quantitative estimate of drug-likeness (QED) is 0.143. The van der Waals surface area contributed by atoms with Crippen LogP contribution in [-0.4, -0.2) is 60.3 Å².